The Hall–Kier alpha value is -3.58. The maximum atomic E-state index is 14.3. The molecule has 1 atom stereocenters. The third-order valence-corrected chi connectivity index (χ3v) is 9.82. The number of sulfonamides is 1. The maximum Gasteiger partial charge on any atom is 0.296 e. The van der Waals surface area contributed by atoms with Crippen LogP contribution in [-0.4, -0.2) is 105 Å². The monoisotopic (exact) mass is 582 g/mol. The average Bonchev–Trinajstić information content (AvgIpc) is 3.35. The van der Waals surface area contributed by atoms with Crippen molar-refractivity contribution in [3.05, 3.63) is 65.2 Å². The molecule has 0 saturated carbocycles. The fourth-order valence-electron chi connectivity index (χ4n) is 5.90. The number of aliphatic hydroxyl groups is 1. The van der Waals surface area contributed by atoms with Crippen molar-refractivity contribution in [2.45, 2.75) is 23.8 Å². The minimum Gasteiger partial charge on any atom is -0.507 e. The van der Waals surface area contributed by atoms with Crippen molar-refractivity contribution in [2.24, 2.45) is 0 Å². The zero-order valence-electron chi connectivity index (χ0n) is 23.4. The Kier molecular flexibility index (Phi) is 7.77. The van der Waals surface area contributed by atoms with E-state index in [1.54, 1.807) is 24.3 Å². The Bertz CT molecular complexity index is 1510. The number of fused-ring (bicyclic) bond motifs is 2. The SMILES string of the molecule is CCN1C(=O)C2(/C(=C(/O)c3ccc(S(=O)(=O)N(C)C)cc3)C(=O)C(=O)N2CCCN2CCOCC2)c2ccccc21. The lowest BCUT2D eigenvalue weighted by Gasteiger charge is -2.35. The van der Waals surface area contributed by atoms with E-state index in [-0.39, 0.29) is 22.6 Å². The molecule has 12 heteroatoms. The van der Waals surface area contributed by atoms with Gasteiger partial charge in [-0.3, -0.25) is 19.3 Å². The molecule has 2 aromatic carbocycles. The summed E-state index contributed by atoms with van der Waals surface area (Å²) in [6, 6.07) is 12.4. The molecule has 3 heterocycles. The molecule has 0 radical (unpaired) electrons. The van der Waals surface area contributed by atoms with E-state index in [1.165, 1.54) is 48.2 Å². The predicted octanol–water partition coefficient (Wildman–Crippen LogP) is 1.60. The number of carbonyl (C=O) groups excluding carboxylic acids is 3. The van der Waals surface area contributed by atoms with Gasteiger partial charge in [-0.25, -0.2) is 12.7 Å². The number of para-hydroxylation sites is 1. The van der Waals surface area contributed by atoms with Crippen LogP contribution in [0, 0.1) is 0 Å². The fraction of sp³-hybridized carbons (Fsp3) is 0.414. The van der Waals surface area contributed by atoms with Gasteiger partial charge in [-0.1, -0.05) is 18.2 Å². The number of anilines is 1. The molecular weight excluding hydrogens is 548 g/mol. The van der Waals surface area contributed by atoms with Crippen LogP contribution < -0.4 is 4.90 Å². The molecule has 0 aliphatic carbocycles. The Labute approximate surface area is 239 Å². The number of Topliss-reactive ketones (excluding diaryl/α,β-unsaturated/α-hetero) is 1. The van der Waals surface area contributed by atoms with Crippen molar-refractivity contribution in [3.63, 3.8) is 0 Å². The van der Waals surface area contributed by atoms with E-state index in [9.17, 15) is 27.9 Å². The standard InChI is InChI=1S/C29H34N4O7S/c1-4-32-23-9-6-5-8-22(23)29(28(32)37)24(25(34)20-10-12-21(13-11-20)41(38,39)30(2)3)26(35)27(36)33(29)15-7-14-31-16-18-40-19-17-31/h5-6,8-13,34H,4,7,14-19H2,1-3H3/b25-24+. The number of likely N-dealkylation sites (tertiary alicyclic amines) is 1. The highest BCUT2D eigenvalue weighted by atomic mass is 32.2. The average molecular weight is 583 g/mol. The molecule has 2 saturated heterocycles. The smallest absolute Gasteiger partial charge is 0.296 e. The second-order valence-corrected chi connectivity index (χ2v) is 12.6. The van der Waals surface area contributed by atoms with Gasteiger partial charge in [0.2, 0.25) is 10.0 Å². The van der Waals surface area contributed by atoms with Crippen LogP contribution in [0.3, 0.4) is 0 Å². The molecule has 1 spiro atoms. The Balaban J connectivity index is 1.63. The van der Waals surface area contributed by atoms with Gasteiger partial charge in [0.25, 0.3) is 17.6 Å². The summed E-state index contributed by atoms with van der Waals surface area (Å²) in [5.74, 6) is -2.84. The van der Waals surface area contributed by atoms with E-state index in [0.717, 1.165) is 17.4 Å². The van der Waals surface area contributed by atoms with E-state index in [1.807, 2.05) is 6.92 Å². The number of benzene rings is 2. The van der Waals surface area contributed by atoms with Crippen molar-refractivity contribution in [2.75, 3.05) is 64.9 Å². The number of amides is 2. The van der Waals surface area contributed by atoms with Gasteiger partial charge >= 0.3 is 0 Å². The molecule has 5 rings (SSSR count). The third-order valence-electron chi connectivity index (χ3n) is 7.99. The Morgan fingerprint density at radius 3 is 2.29 bits per heavy atom. The molecule has 3 aliphatic rings. The van der Waals surface area contributed by atoms with Gasteiger partial charge < -0.3 is 19.6 Å². The second-order valence-electron chi connectivity index (χ2n) is 10.4. The molecule has 2 amide bonds. The first-order valence-electron chi connectivity index (χ1n) is 13.6. The summed E-state index contributed by atoms with van der Waals surface area (Å²) in [5.41, 5.74) is -1.02. The molecule has 41 heavy (non-hydrogen) atoms. The van der Waals surface area contributed by atoms with Crippen molar-refractivity contribution >= 4 is 39.1 Å². The number of aliphatic hydroxyl groups excluding tert-OH is 1. The largest absolute Gasteiger partial charge is 0.507 e. The zero-order chi connectivity index (χ0) is 29.5. The molecule has 0 bridgehead atoms. The number of hydrogen-bond donors (Lipinski definition) is 1. The highest BCUT2D eigenvalue weighted by Crippen LogP contribution is 2.53. The van der Waals surface area contributed by atoms with Crippen molar-refractivity contribution in [1.82, 2.24) is 14.1 Å². The van der Waals surface area contributed by atoms with E-state index >= 15 is 0 Å². The van der Waals surface area contributed by atoms with Crippen LogP contribution in [-0.2, 0) is 34.7 Å². The van der Waals surface area contributed by atoms with Gasteiger partial charge in [0, 0.05) is 57.9 Å². The first-order chi connectivity index (χ1) is 19.6. The van der Waals surface area contributed by atoms with Crippen LogP contribution >= 0.6 is 0 Å². The van der Waals surface area contributed by atoms with Gasteiger partial charge in [-0.15, -0.1) is 0 Å². The molecular formula is C29H34N4O7S. The van der Waals surface area contributed by atoms with Crippen LogP contribution in [0.15, 0.2) is 59.0 Å². The molecule has 0 aromatic heterocycles. The number of ketones is 1. The lowest BCUT2D eigenvalue weighted by molar-refractivity contribution is -0.143. The van der Waals surface area contributed by atoms with Crippen LogP contribution in [0.5, 0.6) is 0 Å². The molecule has 1 unspecified atom stereocenters. The van der Waals surface area contributed by atoms with Crippen LogP contribution in [0.25, 0.3) is 5.76 Å². The molecule has 2 fully saturated rings. The Morgan fingerprint density at radius 2 is 1.66 bits per heavy atom. The number of hydrogen-bond acceptors (Lipinski definition) is 8. The molecule has 218 valence electrons. The minimum absolute atomic E-state index is 0.00299. The van der Waals surface area contributed by atoms with E-state index in [4.69, 9.17) is 4.74 Å². The van der Waals surface area contributed by atoms with Gasteiger partial charge in [0.05, 0.1) is 29.4 Å². The number of rotatable bonds is 8. The highest BCUT2D eigenvalue weighted by Gasteiger charge is 2.66. The molecule has 1 N–H and O–H groups in total. The summed E-state index contributed by atoms with van der Waals surface area (Å²) in [7, 11) is -0.918. The van der Waals surface area contributed by atoms with Crippen LogP contribution in [0.1, 0.15) is 24.5 Å². The molecule has 11 nitrogen and oxygen atoms in total. The van der Waals surface area contributed by atoms with E-state index in [2.05, 4.69) is 4.90 Å². The number of morpholine rings is 1. The number of carbonyl (C=O) groups is 3. The number of nitrogens with zero attached hydrogens (tertiary/aromatic N) is 4. The summed E-state index contributed by atoms with van der Waals surface area (Å²) in [6.45, 7) is 5.64. The predicted molar refractivity (Wildman–Crippen MR) is 152 cm³/mol. The normalized spacial score (nSPS) is 22.8. The highest BCUT2D eigenvalue weighted by molar-refractivity contribution is 7.89. The fourth-order valence-corrected chi connectivity index (χ4v) is 6.80. The summed E-state index contributed by atoms with van der Waals surface area (Å²) < 4.78 is 31.6. The van der Waals surface area contributed by atoms with Gasteiger partial charge in [0.15, 0.2) is 5.54 Å². The number of likely N-dealkylation sites (N-methyl/N-ethyl adjacent to an activating group) is 1. The first-order valence-corrected chi connectivity index (χ1v) is 15.0. The van der Waals surface area contributed by atoms with Crippen LogP contribution in [0.2, 0.25) is 0 Å². The summed E-state index contributed by atoms with van der Waals surface area (Å²) in [5, 5.41) is 11.6. The summed E-state index contributed by atoms with van der Waals surface area (Å²) in [4.78, 5) is 46.7. The first kappa shape index (κ1) is 28.9. The van der Waals surface area contributed by atoms with Gasteiger partial charge in [-0.05, 0) is 43.7 Å². The van der Waals surface area contributed by atoms with Crippen molar-refractivity contribution in [3.8, 4) is 0 Å². The van der Waals surface area contributed by atoms with E-state index < -0.39 is 38.9 Å². The van der Waals surface area contributed by atoms with Gasteiger partial charge in [-0.2, -0.15) is 0 Å². The Morgan fingerprint density at radius 1 is 1.00 bits per heavy atom. The third kappa shape index (κ3) is 4.55. The van der Waals surface area contributed by atoms with Crippen LogP contribution in [0.4, 0.5) is 5.69 Å². The second kappa shape index (κ2) is 11.0. The lowest BCUT2D eigenvalue weighted by atomic mass is 9.82. The van der Waals surface area contributed by atoms with Crippen molar-refractivity contribution in [1.29, 1.82) is 0 Å². The summed E-state index contributed by atoms with van der Waals surface area (Å²) >= 11 is 0. The van der Waals surface area contributed by atoms with Gasteiger partial charge in [0.1, 0.15) is 5.76 Å². The maximum absolute atomic E-state index is 14.3. The molecule has 2 aromatic rings. The zero-order valence-corrected chi connectivity index (χ0v) is 24.2. The molecule has 3 aliphatic heterocycles. The minimum atomic E-state index is -3.73. The van der Waals surface area contributed by atoms with Crippen molar-refractivity contribution < 1.29 is 32.6 Å². The summed E-state index contributed by atoms with van der Waals surface area (Å²) in [6.07, 6.45) is 0.507. The lowest BCUT2D eigenvalue weighted by Crippen LogP contribution is -2.52. The topological polar surface area (TPSA) is 128 Å². The quantitative estimate of drug-likeness (QED) is 0.283. The number of ether oxygens (including phenoxy) is 1. The van der Waals surface area contributed by atoms with E-state index in [0.29, 0.717) is 44.0 Å².